The zero-order valence-corrected chi connectivity index (χ0v) is 16.6. The molecule has 0 aromatic heterocycles. The van der Waals surface area contributed by atoms with Crippen LogP contribution in [0.25, 0.3) is 0 Å². The van der Waals surface area contributed by atoms with Gasteiger partial charge in [0.15, 0.2) is 0 Å². The van der Waals surface area contributed by atoms with Gasteiger partial charge in [-0.3, -0.25) is 4.79 Å². The summed E-state index contributed by atoms with van der Waals surface area (Å²) < 4.78 is 11.3. The number of nitrogens with zero attached hydrogens (tertiary/aromatic N) is 1. The number of benzene rings is 1. The van der Waals surface area contributed by atoms with Crippen molar-refractivity contribution in [3.05, 3.63) is 29.8 Å². The second-order valence-corrected chi connectivity index (χ2v) is 7.85. The first-order valence-corrected chi connectivity index (χ1v) is 10.6. The van der Waals surface area contributed by atoms with E-state index in [4.69, 9.17) is 9.47 Å². The molecule has 1 aliphatic heterocycles. The normalized spacial score (nSPS) is 20.7. The molecule has 2 fully saturated rings. The van der Waals surface area contributed by atoms with Crippen LogP contribution in [0.4, 0.5) is 0 Å². The van der Waals surface area contributed by atoms with Crippen LogP contribution in [0.2, 0.25) is 0 Å². The fourth-order valence-electron chi connectivity index (χ4n) is 4.00. The molecule has 27 heavy (non-hydrogen) atoms. The van der Waals surface area contributed by atoms with Crippen LogP contribution in [-0.4, -0.2) is 56.3 Å². The highest BCUT2D eigenvalue weighted by molar-refractivity contribution is 5.94. The molecule has 1 atom stereocenters. The van der Waals surface area contributed by atoms with Crippen molar-refractivity contribution < 1.29 is 14.3 Å². The number of carbonyl (C=O) groups excluding carboxylic acids is 1. The average Bonchev–Trinajstić information content (AvgIpc) is 3.24. The SMILES string of the molecule is CN(CCCNC(=O)c1ccc(OCC2CCCO2)cc1)C1CCCCC1. The van der Waals surface area contributed by atoms with Crippen molar-refractivity contribution in [2.45, 2.75) is 63.5 Å². The number of amides is 1. The van der Waals surface area contributed by atoms with Crippen LogP contribution in [0.5, 0.6) is 5.75 Å². The summed E-state index contributed by atoms with van der Waals surface area (Å²) in [6, 6.07) is 8.11. The molecule has 1 N–H and O–H groups in total. The van der Waals surface area contributed by atoms with Crippen LogP contribution in [0.15, 0.2) is 24.3 Å². The molecule has 1 heterocycles. The van der Waals surface area contributed by atoms with Gasteiger partial charge in [0.2, 0.25) is 0 Å². The summed E-state index contributed by atoms with van der Waals surface area (Å²) in [5.41, 5.74) is 0.681. The van der Waals surface area contributed by atoms with Crippen molar-refractivity contribution in [2.75, 3.05) is 33.4 Å². The summed E-state index contributed by atoms with van der Waals surface area (Å²) in [5, 5.41) is 3.03. The number of ether oxygens (including phenoxy) is 2. The van der Waals surface area contributed by atoms with E-state index in [0.717, 1.165) is 44.2 Å². The molecule has 5 nitrogen and oxygen atoms in total. The predicted molar refractivity (Wildman–Crippen MR) is 107 cm³/mol. The van der Waals surface area contributed by atoms with Gasteiger partial charge in [0, 0.05) is 24.8 Å². The predicted octanol–water partition coefficient (Wildman–Crippen LogP) is 3.63. The van der Waals surface area contributed by atoms with Gasteiger partial charge >= 0.3 is 0 Å². The smallest absolute Gasteiger partial charge is 0.251 e. The lowest BCUT2D eigenvalue weighted by Gasteiger charge is -2.31. The van der Waals surface area contributed by atoms with Gasteiger partial charge in [0.25, 0.3) is 5.91 Å². The van der Waals surface area contributed by atoms with E-state index in [2.05, 4.69) is 17.3 Å². The minimum absolute atomic E-state index is 0.0130. The van der Waals surface area contributed by atoms with Gasteiger partial charge in [0.1, 0.15) is 12.4 Å². The summed E-state index contributed by atoms with van der Waals surface area (Å²) >= 11 is 0. The monoisotopic (exact) mass is 374 g/mol. The Morgan fingerprint density at radius 2 is 1.93 bits per heavy atom. The highest BCUT2D eigenvalue weighted by atomic mass is 16.5. The van der Waals surface area contributed by atoms with Gasteiger partial charge in [-0.1, -0.05) is 19.3 Å². The van der Waals surface area contributed by atoms with E-state index in [0.29, 0.717) is 18.7 Å². The molecule has 1 saturated carbocycles. The first kappa shape index (κ1) is 20.2. The summed E-state index contributed by atoms with van der Waals surface area (Å²) in [5.74, 6) is 0.775. The molecule has 1 unspecified atom stereocenters. The van der Waals surface area contributed by atoms with Crippen molar-refractivity contribution in [1.29, 1.82) is 0 Å². The highest BCUT2D eigenvalue weighted by Gasteiger charge is 2.18. The lowest BCUT2D eigenvalue weighted by molar-refractivity contribution is 0.0679. The van der Waals surface area contributed by atoms with Crippen LogP contribution in [0, 0.1) is 0 Å². The van der Waals surface area contributed by atoms with Crippen LogP contribution in [0.3, 0.4) is 0 Å². The minimum atomic E-state index is -0.0130. The van der Waals surface area contributed by atoms with Gasteiger partial charge < -0.3 is 19.7 Å². The zero-order chi connectivity index (χ0) is 18.9. The number of hydrogen-bond donors (Lipinski definition) is 1. The Morgan fingerprint density at radius 1 is 1.15 bits per heavy atom. The maximum atomic E-state index is 12.3. The van der Waals surface area contributed by atoms with Crippen LogP contribution in [0.1, 0.15) is 61.7 Å². The molecular formula is C22H34N2O3. The molecule has 1 aliphatic carbocycles. The largest absolute Gasteiger partial charge is 0.491 e. The molecule has 150 valence electrons. The molecule has 0 radical (unpaired) electrons. The second-order valence-electron chi connectivity index (χ2n) is 7.85. The topological polar surface area (TPSA) is 50.8 Å². The number of carbonyl (C=O) groups is 1. The summed E-state index contributed by atoms with van der Waals surface area (Å²) in [4.78, 5) is 14.7. The van der Waals surface area contributed by atoms with E-state index in [1.165, 1.54) is 32.1 Å². The second kappa shape index (κ2) is 10.7. The Balaban J connectivity index is 1.32. The first-order chi connectivity index (χ1) is 13.2. The Hall–Kier alpha value is -1.59. The van der Waals surface area contributed by atoms with Crippen molar-refractivity contribution in [3.8, 4) is 5.75 Å². The van der Waals surface area contributed by atoms with Crippen molar-refractivity contribution in [1.82, 2.24) is 10.2 Å². The molecule has 1 saturated heterocycles. The summed E-state index contributed by atoms with van der Waals surface area (Å²) in [6.45, 7) is 3.18. The molecule has 5 heteroatoms. The molecular weight excluding hydrogens is 340 g/mol. The maximum absolute atomic E-state index is 12.3. The van der Waals surface area contributed by atoms with Crippen LogP contribution < -0.4 is 10.1 Å². The quantitative estimate of drug-likeness (QED) is 0.671. The van der Waals surface area contributed by atoms with Crippen LogP contribution in [-0.2, 0) is 4.74 Å². The average molecular weight is 375 g/mol. The van der Waals surface area contributed by atoms with E-state index in [-0.39, 0.29) is 12.0 Å². The Labute approximate surface area is 163 Å². The zero-order valence-electron chi connectivity index (χ0n) is 16.6. The number of rotatable bonds is 9. The molecule has 3 rings (SSSR count). The number of nitrogens with one attached hydrogen (secondary N) is 1. The molecule has 2 aliphatic rings. The lowest BCUT2D eigenvalue weighted by Crippen LogP contribution is -2.35. The van der Waals surface area contributed by atoms with Gasteiger partial charge in [-0.05, 0) is 70.0 Å². The Bertz CT molecular complexity index is 563. The molecule has 1 aromatic carbocycles. The van der Waals surface area contributed by atoms with Gasteiger partial charge in [-0.2, -0.15) is 0 Å². The van der Waals surface area contributed by atoms with E-state index < -0.39 is 0 Å². The summed E-state index contributed by atoms with van der Waals surface area (Å²) in [6.07, 6.45) is 10.1. The van der Waals surface area contributed by atoms with E-state index in [1.54, 1.807) is 0 Å². The fourth-order valence-corrected chi connectivity index (χ4v) is 4.00. The third-order valence-electron chi connectivity index (χ3n) is 5.75. The molecule has 0 bridgehead atoms. The molecule has 1 amide bonds. The molecule has 1 aromatic rings. The maximum Gasteiger partial charge on any atom is 0.251 e. The third kappa shape index (κ3) is 6.51. The Morgan fingerprint density at radius 3 is 2.63 bits per heavy atom. The van der Waals surface area contributed by atoms with E-state index in [1.807, 2.05) is 24.3 Å². The van der Waals surface area contributed by atoms with Crippen LogP contribution >= 0.6 is 0 Å². The van der Waals surface area contributed by atoms with Crippen molar-refractivity contribution >= 4 is 5.91 Å². The highest BCUT2D eigenvalue weighted by Crippen LogP contribution is 2.21. The van der Waals surface area contributed by atoms with Gasteiger partial charge in [0.05, 0.1) is 6.10 Å². The summed E-state index contributed by atoms with van der Waals surface area (Å²) in [7, 11) is 2.22. The lowest BCUT2D eigenvalue weighted by atomic mass is 9.94. The number of hydrogen-bond acceptors (Lipinski definition) is 4. The van der Waals surface area contributed by atoms with Gasteiger partial charge in [-0.15, -0.1) is 0 Å². The van der Waals surface area contributed by atoms with E-state index >= 15 is 0 Å². The van der Waals surface area contributed by atoms with Crippen molar-refractivity contribution in [2.24, 2.45) is 0 Å². The van der Waals surface area contributed by atoms with E-state index in [9.17, 15) is 4.79 Å². The molecule has 0 spiro atoms. The fraction of sp³-hybridized carbons (Fsp3) is 0.682. The minimum Gasteiger partial charge on any atom is -0.491 e. The van der Waals surface area contributed by atoms with Gasteiger partial charge in [-0.25, -0.2) is 0 Å². The van der Waals surface area contributed by atoms with Crippen molar-refractivity contribution in [3.63, 3.8) is 0 Å². The standard InChI is InChI=1S/C22H34N2O3/c1-24(19-7-3-2-4-8-19)15-6-14-23-22(25)18-10-12-20(13-11-18)27-17-21-9-5-16-26-21/h10-13,19,21H,2-9,14-17H2,1H3,(H,23,25). The Kier molecular flexibility index (Phi) is 7.96. The first-order valence-electron chi connectivity index (χ1n) is 10.6. The third-order valence-corrected chi connectivity index (χ3v) is 5.75.